The van der Waals surface area contributed by atoms with Gasteiger partial charge >= 0.3 is 0 Å². The van der Waals surface area contributed by atoms with Gasteiger partial charge in [-0.1, -0.05) is 6.92 Å². The molecule has 1 aliphatic carbocycles. The van der Waals surface area contributed by atoms with Crippen LogP contribution in [0.2, 0.25) is 0 Å². The molecule has 1 aromatic heterocycles. The van der Waals surface area contributed by atoms with Gasteiger partial charge in [0.1, 0.15) is 0 Å². The summed E-state index contributed by atoms with van der Waals surface area (Å²) in [5, 5.41) is 2.81. The number of hydrogen-bond donors (Lipinski definition) is 1. The number of hydrogen-bond acceptors (Lipinski definition) is 4. The van der Waals surface area contributed by atoms with E-state index in [1.807, 2.05) is 0 Å². The van der Waals surface area contributed by atoms with Crippen molar-refractivity contribution in [3.8, 4) is 0 Å². The topological polar surface area (TPSA) is 79.6 Å². The Hall–Kier alpha value is -1.34. The molecule has 0 atom stereocenters. The van der Waals surface area contributed by atoms with Crippen LogP contribution in [-0.2, 0) is 10.0 Å². The second-order valence-electron chi connectivity index (χ2n) is 6.66. The van der Waals surface area contributed by atoms with Gasteiger partial charge in [0.25, 0.3) is 15.9 Å². The zero-order valence-electron chi connectivity index (χ0n) is 13.5. The van der Waals surface area contributed by atoms with Crippen LogP contribution in [0.15, 0.2) is 21.6 Å². The Morgan fingerprint density at radius 3 is 2.48 bits per heavy atom. The molecule has 1 aromatic rings. The van der Waals surface area contributed by atoms with Crippen molar-refractivity contribution in [2.45, 2.75) is 56.6 Å². The van der Waals surface area contributed by atoms with Crippen LogP contribution in [0.5, 0.6) is 0 Å². The van der Waals surface area contributed by atoms with Crippen LogP contribution < -0.4 is 5.32 Å². The number of nitrogens with one attached hydrogen (secondary N) is 1. The number of rotatable bonds is 4. The maximum atomic E-state index is 12.4. The molecule has 2 fully saturated rings. The molecule has 6 nitrogen and oxygen atoms in total. The SMILES string of the molecule is CC1CCC(NC(=O)c2ccc(S(=O)(=O)N3CCCC3)o2)CC1. The average molecular weight is 340 g/mol. The Bertz CT molecular complexity index is 653. The largest absolute Gasteiger partial charge is 0.438 e. The molecule has 23 heavy (non-hydrogen) atoms. The Kier molecular flexibility index (Phi) is 4.77. The van der Waals surface area contributed by atoms with Crippen molar-refractivity contribution in [1.29, 1.82) is 0 Å². The van der Waals surface area contributed by atoms with Gasteiger partial charge in [-0.25, -0.2) is 8.42 Å². The van der Waals surface area contributed by atoms with Crippen LogP contribution in [0.4, 0.5) is 0 Å². The van der Waals surface area contributed by atoms with Gasteiger partial charge < -0.3 is 9.73 Å². The van der Waals surface area contributed by atoms with Gasteiger partial charge in [-0.05, 0) is 56.6 Å². The molecule has 2 aliphatic rings. The lowest BCUT2D eigenvalue weighted by atomic mass is 9.87. The average Bonchev–Trinajstić information content (AvgIpc) is 3.21. The number of sulfonamides is 1. The van der Waals surface area contributed by atoms with Crippen molar-refractivity contribution >= 4 is 15.9 Å². The van der Waals surface area contributed by atoms with Crippen LogP contribution in [0.1, 0.15) is 56.0 Å². The molecule has 0 aromatic carbocycles. The molecule has 2 heterocycles. The molecule has 1 N–H and O–H groups in total. The van der Waals surface area contributed by atoms with Gasteiger partial charge in [0.2, 0.25) is 5.09 Å². The van der Waals surface area contributed by atoms with Crippen molar-refractivity contribution in [3.63, 3.8) is 0 Å². The van der Waals surface area contributed by atoms with Crippen LogP contribution in [0.25, 0.3) is 0 Å². The number of furan rings is 1. The van der Waals surface area contributed by atoms with Gasteiger partial charge in [-0.15, -0.1) is 0 Å². The van der Waals surface area contributed by atoms with Crippen LogP contribution in [-0.4, -0.2) is 37.8 Å². The summed E-state index contributed by atoms with van der Waals surface area (Å²) in [5.74, 6) is 0.456. The first kappa shape index (κ1) is 16.5. The van der Waals surface area contributed by atoms with E-state index in [2.05, 4.69) is 12.2 Å². The predicted octanol–water partition coefficient (Wildman–Crippen LogP) is 2.37. The molecule has 1 saturated carbocycles. The predicted molar refractivity (Wildman–Crippen MR) is 85.6 cm³/mol. The van der Waals surface area contributed by atoms with E-state index in [1.165, 1.54) is 16.4 Å². The van der Waals surface area contributed by atoms with Gasteiger partial charge in [0.15, 0.2) is 5.76 Å². The quantitative estimate of drug-likeness (QED) is 0.912. The molecule has 0 unspecified atom stereocenters. The van der Waals surface area contributed by atoms with Gasteiger partial charge in [0.05, 0.1) is 0 Å². The van der Waals surface area contributed by atoms with Crippen molar-refractivity contribution in [2.24, 2.45) is 5.92 Å². The summed E-state index contributed by atoms with van der Waals surface area (Å²) in [6.07, 6.45) is 5.88. The number of carbonyl (C=O) groups excluding carboxylic acids is 1. The number of nitrogens with zero attached hydrogens (tertiary/aromatic N) is 1. The van der Waals surface area contributed by atoms with Crippen LogP contribution in [0, 0.1) is 5.92 Å². The second-order valence-corrected chi connectivity index (χ2v) is 8.53. The van der Waals surface area contributed by atoms with E-state index in [0.717, 1.165) is 38.5 Å². The van der Waals surface area contributed by atoms with E-state index < -0.39 is 10.0 Å². The van der Waals surface area contributed by atoms with Crippen molar-refractivity contribution in [1.82, 2.24) is 9.62 Å². The van der Waals surface area contributed by atoms with Crippen molar-refractivity contribution < 1.29 is 17.6 Å². The third-order valence-corrected chi connectivity index (χ3v) is 6.59. The fourth-order valence-electron chi connectivity index (χ4n) is 3.30. The van der Waals surface area contributed by atoms with E-state index in [0.29, 0.717) is 19.0 Å². The maximum Gasteiger partial charge on any atom is 0.287 e. The molecule has 128 valence electrons. The van der Waals surface area contributed by atoms with E-state index in [-0.39, 0.29) is 22.8 Å². The minimum atomic E-state index is -3.61. The van der Waals surface area contributed by atoms with Crippen molar-refractivity contribution in [2.75, 3.05) is 13.1 Å². The molecule has 0 bridgehead atoms. The third-order valence-electron chi connectivity index (χ3n) is 4.82. The van der Waals surface area contributed by atoms with Gasteiger partial charge in [-0.3, -0.25) is 4.79 Å². The normalized spacial score (nSPS) is 26.3. The summed E-state index contributed by atoms with van der Waals surface area (Å²) in [4.78, 5) is 12.2. The molecular weight excluding hydrogens is 316 g/mol. The molecule has 1 aliphatic heterocycles. The summed E-state index contributed by atoms with van der Waals surface area (Å²) in [6.45, 7) is 3.26. The Labute approximate surface area is 137 Å². The first-order valence-electron chi connectivity index (χ1n) is 8.37. The molecule has 3 rings (SSSR count). The lowest BCUT2D eigenvalue weighted by molar-refractivity contribution is 0.0889. The second kappa shape index (κ2) is 6.65. The molecule has 7 heteroatoms. The summed E-state index contributed by atoms with van der Waals surface area (Å²) in [7, 11) is -3.61. The summed E-state index contributed by atoms with van der Waals surface area (Å²) < 4.78 is 31.6. The monoisotopic (exact) mass is 340 g/mol. The molecular formula is C16H24N2O4S. The molecule has 1 saturated heterocycles. The molecule has 1 amide bonds. The Morgan fingerprint density at radius 1 is 1.17 bits per heavy atom. The van der Waals surface area contributed by atoms with Crippen LogP contribution >= 0.6 is 0 Å². The van der Waals surface area contributed by atoms with E-state index in [9.17, 15) is 13.2 Å². The minimum Gasteiger partial charge on any atom is -0.438 e. The zero-order chi connectivity index (χ0) is 16.4. The Balaban J connectivity index is 1.65. The number of carbonyl (C=O) groups is 1. The number of amides is 1. The highest BCUT2D eigenvalue weighted by Crippen LogP contribution is 2.25. The third kappa shape index (κ3) is 3.61. The highest BCUT2D eigenvalue weighted by Gasteiger charge is 2.31. The summed E-state index contributed by atoms with van der Waals surface area (Å²) >= 11 is 0. The highest BCUT2D eigenvalue weighted by atomic mass is 32.2. The van der Waals surface area contributed by atoms with E-state index in [4.69, 9.17) is 4.42 Å². The maximum absolute atomic E-state index is 12.4. The first-order chi connectivity index (χ1) is 11.0. The fraction of sp³-hybridized carbons (Fsp3) is 0.688. The van der Waals surface area contributed by atoms with Gasteiger partial charge in [0, 0.05) is 19.1 Å². The lowest BCUT2D eigenvalue weighted by Gasteiger charge is -2.26. The molecule has 0 spiro atoms. The summed E-state index contributed by atoms with van der Waals surface area (Å²) in [5.41, 5.74) is 0. The smallest absolute Gasteiger partial charge is 0.287 e. The minimum absolute atomic E-state index is 0.0707. The fourth-order valence-corrected chi connectivity index (χ4v) is 4.73. The van der Waals surface area contributed by atoms with E-state index in [1.54, 1.807) is 0 Å². The summed E-state index contributed by atoms with van der Waals surface area (Å²) in [6, 6.07) is 2.98. The van der Waals surface area contributed by atoms with Crippen LogP contribution in [0.3, 0.4) is 0 Å². The molecule has 0 radical (unpaired) electrons. The first-order valence-corrected chi connectivity index (χ1v) is 9.81. The Morgan fingerprint density at radius 2 is 1.83 bits per heavy atom. The van der Waals surface area contributed by atoms with Gasteiger partial charge in [-0.2, -0.15) is 4.31 Å². The highest BCUT2D eigenvalue weighted by molar-refractivity contribution is 7.89. The zero-order valence-corrected chi connectivity index (χ0v) is 14.3. The van der Waals surface area contributed by atoms with E-state index >= 15 is 0 Å². The van der Waals surface area contributed by atoms with Crippen molar-refractivity contribution in [3.05, 3.63) is 17.9 Å². The standard InChI is InChI=1S/C16H24N2O4S/c1-12-4-6-13(7-5-12)17-16(19)14-8-9-15(22-14)23(20,21)18-10-2-3-11-18/h8-9,12-13H,2-7,10-11H2,1H3,(H,17,19). The lowest BCUT2D eigenvalue weighted by Crippen LogP contribution is -2.37.